The molecule has 0 amide bonds. The Morgan fingerprint density at radius 1 is 0.530 bits per heavy atom. The van der Waals surface area contributed by atoms with Crippen LogP contribution in [0.3, 0.4) is 0 Å². The van der Waals surface area contributed by atoms with Crippen molar-refractivity contribution < 1.29 is 4.42 Å². The van der Waals surface area contributed by atoms with Crippen LogP contribution >= 0.6 is 11.3 Å². The molecule has 5 nitrogen and oxygen atoms in total. The molecule has 66 heavy (non-hydrogen) atoms. The zero-order chi connectivity index (χ0) is 43.7. The largest absolute Gasteiger partial charge is 0.456 e. The number of para-hydroxylation sites is 1. The van der Waals surface area contributed by atoms with Crippen LogP contribution in [0.15, 0.2) is 180 Å². The number of nitrogens with zero attached hydrogens (tertiary/aromatic N) is 4. The number of thiophene rings is 1. The van der Waals surface area contributed by atoms with Crippen LogP contribution in [0.4, 0.5) is 0 Å². The molecule has 2 aliphatic carbocycles. The van der Waals surface area contributed by atoms with Crippen molar-refractivity contribution in [3.05, 3.63) is 198 Å². The molecule has 0 atom stereocenters. The zero-order valence-corrected chi connectivity index (χ0v) is 37.2. The van der Waals surface area contributed by atoms with E-state index in [1.807, 2.05) is 41.7 Å². The van der Waals surface area contributed by atoms with Gasteiger partial charge in [0.2, 0.25) is 0 Å². The summed E-state index contributed by atoms with van der Waals surface area (Å²) in [7, 11) is 0. The van der Waals surface area contributed by atoms with E-state index in [0.29, 0.717) is 17.5 Å². The van der Waals surface area contributed by atoms with Crippen LogP contribution in [0.2, 0.25) is 0 Å². The van der Waals surface area contributed by atoms with E-state index >= 15 is 0 Å². The molecule has 0 bridgehead atoms. The van der Waals surface area contributed by atoms with Crippen LogP contribution in [0.25, 0.3) is 121 Å². The Labute approximate surface area is 385 Å². The van der Waals surface area contributed by atoms with Crippen molar-refractivity contribution in [3.63, 3.8) is 0 Å². The van der Waals surface area contributed by atoms with Crippen molar-refractivity contribution in [2.75, 3.05) is 0 Å². The SMILES string of the molecule is CC1(C)c2ccccc2-c2ccc(-c3nc(-c4ccccc4)nc(-c4cccc5oc6ccc(-c7cccc8sc9c(-n%10c%11c(c%12ccccc%12%10)CCC=C%11)cccc9c78)cc6c45)n3)cc21. The van der Waals surface area contributed by atoms with Crippen molar-refractivity contribution in [3.8, 4) is 62.1 Å². The molecule has 4 aromatic heterocycles. The number of fused-ring (bicyclic) bond motifs is 12. The summed E-state index contributed by atoms with van der Waals surface area (Å²) in [4.78, 5) is 15.7. The van der Waals surface area contributed by atoms with Gasteiger partial charge in [-0.1, -0.05) is 147 Å². The Bertz CT molecular complexity index is 4040. The van der Waals surface area contributed by atoms with Crippen LogP contribution < -0.4 is 0 Å². The first-order valence-corrected chi connectivity index (χ1v) is 23.6. The summed E-state index contributed by atoms with van der Waals surface area (Å²) in [5, 5.41) is 5.88. The molecule has 0 fully saturated rings. The summed E-state index contributed by atoms with van der Waals surface area (Å²) in [6.45, 7) is 4.62. The van der Waals surface area contributed by atoms with Crippen LogP contribution in [0, 0.1) is 0 Å². The topological polar surface area (TPSA) is 56.7 Å². The molecule has 12 aromatic rings. The van der Waals surface area contributed by atoms with E-state index in [1.165, 1.54) is 75.8 Å². The molecule has 8 aromatic carbocycles. The molecule has 0 saturated heterocycles. The maximum Gasteiger partial charge on any atom is 0.164 e. The van der Waals surface area contributed by atoms with Gasteiger partial charge in [-0.3, -0.25) is 0 Å². The lowest BCUT2D eigenvalue weighted by Gasteiger charge is -2.21. The van der Waals surface area contributed by atoms with Crippen molar-refractivity contribution >= 4 is 70.4 Å². The fourth-order valence-corrected chi connectivity index (χ4v) is 12.3. The third-order valence-corrected chi connectivity index (χ3v) is 15.3. The summed E-state index contributed by atoms with van der Waals surface area (Å²) in [5.41, 5.74) is 17.0. The number of hydrogen-bond acceptors (Lipinski definition) is 5. The minimum atomic E-state index is -0.157. The van der Waals surface area contributed by atoms with E-state index in [1.54, 1.807) is 0 Å². The van der Waals surface area contributed by atoms with Crippen molar-refractivity contribution in [1.29, 1.82) is 0 Å². The van der Waals surface area contributed by atoms with Gasteiger partial charge in [0.15, 0.2) is 17.5 Å². The smallest absolute Gasteiger partial charge is 0.164 e. The van der Waals surface area contributed by atoms with E-state index < -0.39 is 0 Å². The third kappa shape index (κ3) is 5.42. The number of hydrogen-bond donors (Lipinski definition) is 0. The second kappa shape index (κ2) is 14.0. The Morgan fingerprint density at radius 3 is 2.18 bits per heavy atom. The fraction of sp³-hybridized carbons (Fsp3) is 0.0833. The van der Waals surface area contributed by atoms with Crippen LogP contribution in [-0.4, -0.2) is 19.5 Å². The first-order chi connectivity index (χ1) is 32.5. The van der Waals surface area contributed by atoms with E-state index in [0.717, 1.165) is 57.0 Å². The van der Waals surface area contributed by atoms with E-state index in [2.05, 4.69) is 170 Å². The van der Waals surface area contributed by atoms with Crippen molar-refractivity contribution in [2.45, 2.75) is 32.1 Å². The lowest BCUT2D eigenvalue weighted by Crippen LogP contribution is -2.15. The Kier molecular flexibility index (Phi) is 7.96. The van der Waals surface area contributed by atoms with Gasteiger partial charge in [0.1, 0.15) is 11.2 Å². The summed E-state index contributed by atoms with van der Waals surface area (Å²) in [5.74, 6) is 1.87. The molecule has 312 valence electrons. The first kappa shape index (κ1) is 37.4. The standard InChI is InChI=1S/C60H40N4OS/c1-60(2)46-23-9-6-17-39(46)40-31-29-37(34-47(40)60)58-61-57(35-15-4-3-5-16-35)62-59(63-58)44-22-13-27-52-54(44)45-33-36(30-32-51(45)65-52)38-20-14-28-53-55(38)43-21-12-26-50(56(43)66-53)64-48-24-10-7-18-41(48)42-19-8-11-25-49(42)64/h3-7,9-18,20-34H,8,19H2,1-2H3. The van der Waals surface area contributed by atoms with E-state index in [-0.39, 0.29) is 5.41 Å². The number of aryl methyl sites for hydroxylation is 1. The lowest BCUT2D eigenvalue weighted by molar-refractivity contribution is 0.660. The monoisotopic (exact) mass is 864 g/mol. The molecule has 4 heterocycles. The van der Waals surface area contributed by atoms with Gasteiger partial charge < -0.3 is 8.98 Å². The number of benzene rings is 8. The molecule has 0 unspecified atom stereocenters. The highest BCUT2D eigenvalue weighted by Crippen LogP contribution is 2.50. The highest BCUT2D eigenvalue weighted by molar-refractivity contribution is 7.26. The van der Waals surface area contributed by atoms with E-state index in [9.17, 15) is 0 Å². The van der Waals surface area contributed by atoms with Gasteiger partial charge in [0.25, 0.3) is 0 Å². The Morgan fingerprint density at radius 2 is 1.26 bits per heavy atom. The van der Waals surface area contributed by atoms with Gasteiger partial charge in [-0.15, -0.1) is 11.3 Å². The minimum Gasteiger partial charge on any atom is -0.456 e. The summed E-state index contributed by atoms with van der Waals surface area (Å²) >= 11 is 1.88. The Hall–Kier alpha value is -7.93. The molecular formula is C60H40N4OS. The predicted molar refractivity (Wildman–Crippen MR) is 273 cm³/mol. The fourth-order valence-electron chi connectivity index (χ4n) is 11.1. The first-order valence-electron chi connectivity index (χ1n) is 22.7. The molecule has 14 rings (SSSR count). The van der Waals surface area contributed by atoms with Gasteiger partial charge >= 0.3 is 0 Å². The molecule has 0 saturated carbocycles. The normalized spacial score (nSPS) is 13.8. The second-order valence-corrected chi connectivity index (χ2v) is 19.2. The highest BCUT2D eigenvalue weighted by Gasteiger charge is 2.35. The molecule has 2 aliphatic rings. The summed E-state index contributed by atoms with van der Waals surface area (Å²) in [6.07, 6.45) is 6.77. The van der Waals surface area contributed by atoms with Crippen LogP contribution in [0.5, 0.6) is 0 Å². The summed E-state index contributed by atoms with van der Waals surface area (Å²) in [6, 6.07) is 60.9. The van der Waals surface area contributed by atoms with Crippen molar-refractivity contribution in [2.24, 2.45) is 0 Å². The van der Waals surface area contributed by atoms with Gasteiger partial charge in [-0.05, 0) is 100 Å². The van der Waals surface area contributed by atoms with Gasteiger partial charge in [-0.25, -0.2) is 15.0 Å². The number of aromatic nitrogens is 4. The molecular weight excluding hydrogens is 825 g/mol. The third-order valence-electron chi connectivity index (χ3n) is 14.2. The van der Waals surface area contributed by atoms with Gasteiger partial charge in [-0.2, -0.15) is 0 Å². The highest BCUT2D eigenvalue weighted by atomic mass is 32.1. The molecule has 6 heteroatoms. The van der Waals surface area contributed by atoms with Crippen LogP contribution in [0.1, 0.15) is 42.7 Å². The maximum absolute atomic E-state index is 6.64. The summed E-state index contributed by atoms with van der Waals surface area (Å²) < 4.78 is 11.7. The predicted octanol–water partition coefficient (Wildman–Crippen LogP) is 16.0. The maximum atomic E-state index is 6.64. The number of allylic oxidation sites excluding steroid dienone is 1. The van der Waals surface area contributed by atoms with Gasteiger partial charge in [0, 0.05) is 59.4 Å². The average molecular weight is 865 g/mol. The molecule has 0 aliphatic heterocycles. The number of rotatable bonds is 5. The van der Waals surface area contributed by atoms with Crippen LogP contribution in [-0.2, 0) is 11.8 Å². The van der Waals surface area contributed by atoms with Gasteiger partial charge in [0.05, 0.1) is 15.9 Å². The number of furan rings is 1. The second-order valence-electron chi connectivity index (χ2n) is 18.2. The Balaban J connectivity index is 0.942. The average Bonchev–Trinajstić information content (AvgIpc) is 4.10. The quantitative estimate of drug-likeness (QED) is 0.173. The van der Waals surface area contributed by atoms with Crippen molar-refractivity contribution in [1.82, 2.24) is 19.5 Å². The molecule has 0 N–H and O–H groups in total. The molecule has 0 spiro atoms. The zero-order valence-electron chi connectivity index (χ0n) is 36.3. The molecule has 0 radical (unpaired) electrons. The minimum absolute atomic E-state index is 0.157. The lowest BCUT2D eigenvalue weighted by atomic mass is 9.82. The van der Waals surface area contributed by atoms with E-state index in [4.69, 9.17) is 19.4 Å².